The number of carbonyl (C=O) groups excluding carboxylic acids is 2. The van der Waals surface area contributed by atoms with Crippen molar-refractivity contribution in [3.05, 3.63) is 35.9 Å². The van der Waals surface area contributed by atoms with Crippen LogP contribution in [0, 0.1) is 5.92 Å². The molecule has 0 radical (unpaired) electrons. The van der Waals surface area contributed by atoms with E-state index in [9.17, 15) is 9.59 Å². The van der Waals surface area contributed by atoms with Gasteiger partial charge >= 0.3 is 0 Å². The molecule has 1 saturated carbocycles. The van der Waals surface area contributed by atoms with Gasteiger partial charge in [0.1, 0.15) is 5.54 Å². The minimum Gasteiger partial charge on any atom is -0.340 e. The van der Waals surface area contributed by atoms with Gasteiger partial charge in [-0.15, -0.1) is 0 Å². The Kier molecular flexibility index (Phi) is 3.70. The number of benzene rings is 1. The van der Waals surface area contributed by atoms with Gasteiger partial charge in [-0.25, -0.2) is 0 Å². The standard InChI is InChI=1S/C17H22N2O2/c1-17(14-8-3-2-4-9-14)16(21)19(11-10-15(20)18-17)12-13-6-5-7-13/h2-4,8-9,13H,5-7,10-12H2,1H3,(H,18,20). The highest BCUT2D eigenvalue weighted by Crippen LogP contribution is 2.31. The van der Waals surface area contributed by atoms with E-state index in [0.717, 1.165) is 12.1 Å². The maximum atomic E-state index is 13.0. The molecule has 1 aliphatic heterocycles. The third-order valence-electron chi connectivity index (χ3n) is 4.77. The summed E-state index contributed by atoms with van der Waals surface area (Å²) in [4.78, 5) is 26.9. The van der Waals surface area contributed by atoms with Crippen molar-refractivity contribution in [2.45, 2.75) is 38.1 Å². The summed E-state index contributed by atoms with van der Waals surface area (Å²) >= 11 is 0. The van der Waals surface area contributed by atoms with Gasteiger partial charge in [0.25, 0.3) is 5.91 Å². The topological polar surface area (TPSA) is 49.4 Å². The van der Waals surface area contributed by atoms with E-state index in [1.165, 1.54) is 19.3 Å². The predicted octanol–water partition coefficient (Wildman–Crippen LogP) is 2.05. The molecule has 2 fully saturated rings. The summed E-state index contributed by atoms with van der Waals surface area (Å²) in [7, 11) is 0. The molecule has 1 N–H and O–H groups in total. The Morgan fingerprint density at radius 1 is 1.24 bits per heavy atom. The quantitative estimate of drug-likeness (QED) is 0.924. The second-order valence-corrected chi connectivity index (χ2v) is 6.34. The number of nitrogens with zero attached hydrogens (tertiary/aromatic N) is 1. The van der Waals surface area contributed by atoms with Gasteiger partial charge in [-0.2, -0.15) is 0 Å². The van der Waals surface area contributed by atoms with Crippen molar-refractivity contribution in [3.8, 4) is 0 Å². The molecule has 1 unspecified atom stereocenters. The van der Waals surface area contributed by atoms with Gasteiger partial charge in [0.2, 0.25) is 5.91 Å². The summed E-state index contributed by atoms with van der Waals surface area (Å²) < 4.78 is 0. The summed E-state index contributed by atoms with van der Waals surface area (Å²) in [5.41, 5.74) is -0.0950. The van der Waals surface area contributed by atoms with Crippen molar-refractivity contribution >= 4 is 11.8 Å². The molecule has 1 saturated heterocycles. The van der Waals surface area contributed by atoms with E-state index in [-0.39, 0.29) is 11.8 Å². The summed E-state index contributed by atoms with van der Waals surface area (Å²) in [6.07, 6.45) is 4.06. The lowest BCUT2D eigenvalue weighted by Crippen LogP contribution is -2.53. The lowest BCUT2D eigenvalue weighted by Gasteiger charge is -2.36. The molecule has 21 heavy (non-hydrogen) atoms. The van der Waals surface area contributed by atoms with Crippen LogP contribution in [0.2, 0.25) is 0 Å². The minimum atomic E-state index is -0.946. The SMILES string of the molecule is CC1(c2ccccc2)NC(=O)CCN(CC2CCC2)C1=O. The van der Waals surface area contributed by atoms with E-state index in [2.05, 4.69) is 5.32 Å². The fourth-order valence-electron chi connectivity index (χ4n) is 3.18. The monoisotopic (exact) mass is 286 g/mol. The average molecular weight is 286 g/mol. The van der Waals surface area contributed by atoms with Crippen LogP contribution in [0.5, 0.6) is 0 Å². The van der Waals surface area contributed by atoms with Crippen LogP contribution >= 0.6 is 0 Å². The van der Waals surface area contributed by atoms with Crippen LogP contribution in [-0.4, -0.2) is 29.8 Å². The Bertz CT molecular complexity index is 539. The number of hydrogen-bond acceptors (Lipinski definition) is 2. The van der Waals surface area contributed by atoms with Crippen LogP contribution in [0.1, 0.15) is 38.2 Å². The maximum absolute atomic E-state index is 13.0. The van der Waals surface area contributed by atoms with Crippen LogP contribution in [0.25, 0.3) is 0 Å². The summed E-state index contributed by atoms with van der Waals surface area (Å²) in [5.74, 6) is 0.583. The zero-order chi connectivity index (χ0) is 14.9. The second-order valence-electron chi connectivity index (χ2n) is 6.34. The van der Waals surface area contributed by atoms with Gasteiger partial charge in [0.05, 0.1) is 0 Å². The maximum Gasteiger partial charge on any atom is 0.252 e. The van der Waals surface area contributed by atoms with Crippen LogP contribution in [0.3, 0.4) is 0 Å². The number of nitrogens with one attached hydrogen (secondary N) is 1. The largest absolute Gasteiger partial charge is 0.340 e. The van der Waals surface area contributed by atoms with Crippen molar-refractivity contribution < 1.29 is 9.59 Å². The highest BCUT2D eigenvalue weighted by molar-refractivity contribution is 5.94. The van der Waals surface area contributed by atoms with Crippen LogP contribution in [0.15, 0.2) is 30.3 Å². The number of hydrogen-bond donors (Lipinski definition) is 1. The molecule has 3 rings (SSSR count). The van der Waals surface area contributed by atoms with Gasteiger partial charge in [-0.3, -0.25) is 9.59 Å². The number of amides is 2. The molecule has 1 aromatic rings. The third kappa shape index (κ3) is 2.67. The molecule has 1 atom stereocenters. The van der Waals surface area contributed by atoms with E-state index in [1.54, 1.807) is 0 Å². The van der Waals surface area contributed by atoms with Crippen molar-refractivity contribution in [3.63, 3.8) is 0 Å². The highest BCUT2D eigenvalue weighted by Gasteiger charge is 2.42. The van der Waals surface area contributed by atoms with Crippen molar-refractivity contribution in [2.24, 2.45) is 5.92 Å². The predicted molar refractivity (Wildman–Crippen MR) is 80.5 cm³/mol. The van der Waals surface area contributed by atoms with E-state index in [4.69, 9.17) is 0 Å². The van der Waals surface area contributed by atoms with E-state index >= 15 is 0 Å². The fourth-order valence-corrected chi connectivity index (χ4v) is 3.18. The zero-order valence-electron chi connectivity index (χ0n) is 12.5. The molecule has 0 aromatic heterocycles. The Balaban J connectivity index is 1.89. The summed E-state index contributed by atoms with van der Waals surface area (Å²) in [5, 5.41) is 2.93. The average Bonchev–Trinajstić information content (AvgIpc) is 2.55. The van der Waals surface area contributed by atoms with E-state index < -0.39 is 5.54 Å². The Morgan fingerprint density at radius 3 is 2.57 bits per heavy atom. The lowest BCUT2D eigenvalue weighted by atomic mass is 9.84. The van der Waals surface area contributed by atoms with Gasteiger partial charge in [-0.1, -0.05) is 36.8 Å². The first kappa shape index (κ1) is 14.1. The van der Waals surface area contributed by atoms with Gasteiger partial charge in [0.15, 0.2) is 0 Å². The second kappa shape index (κ2) is 5.51. The Hall–Kier alpha value is -1.84. The molecule has 0 spiro atoms. The first-order chi connectivity index (χ1) is 10.1. The van der Waals surface area contributed by atoms with Gasteiger partial charge in [-0.05, 0) is 31.2 Å². The molecule has 112 valence electrons. The molecule has 4 nitrogen and oxygen atoms in total. The van der Waals surface area contributed by atoms with E-state index in [1.807, 2.05) is 42.2 Å². The van der Waals surface area contributed by atoms with Crippen molar-refractivity contribution in [2.75, 3.05) is 13.1 Å². The fraction of sp³-hybridized carbons (Fsp3) is 0.529. The first-order valence-corrected chi connectivity index (χ1v) is 7.75. The Labute approximate surface area is 125 Å². The minimum absolute atomic E-state index is 0.0199. The van der Waals surface area contributed by atoms with Crippen molar-refractivity contribution in [1.29, 1.82) is 0 Å². The normalized spacial score (nSPS) is 27.0. The molecule has 1 aliphatic carbocycles. The third-order valence-corrected chi connectivity index (χ3v) is 4.77. The highest BCUT2D eigenvalue weighted by atomic mass is 16.2. The van der Waals surface area contributed by atoms with Crippen molar-refractivity contribution in [1.82, 2.24) is 10.2 Å². The van der Waals surface area contributed by atoms with Gasteiger partial charge in [0, 0.05) is 19.5 Å². The molecule has 2 amide bonds. The molecular formula is C17H22N2O2. The van der Waals surface area contributed by atoms with Crippen LogP contribution in [-0.2, 0) is 15.1 Å². The van der Waals surface area contributed by atoms with Crippen LogP contribution < -0.4 is 5.32 Å². The van der Waals surface area contributed by atoms with E-state index in [0.29, 0.717) is 18.9 Å². The molecule has 1 aromatic carbocycles. The molecular weight excluding hydrogens is 264 g/mol. The molecule has 0 bridgehead atoms. The molecule has 2 aliphatic rings. The van der Waals surface area contributed by atoms with Gasteiger partial charge < -0.3 is 10.2 Å². The van der Waals surface area contributed by atoms with Crippen LogP contribution in [0.4, 0.5) is 0 Å². The molecule has 4 heteroatoms. The number of rotatable bonds is 3. The molecule has 1 heterocycles. The smallest absolute Gasteiger partial charge is 0.252 e. The zero-order valence-corrected chi connectivity index (χ0v) is 12.5. The first-order valence-electron chi connectivity index (χ1n) is 7.75. The number of carbonyl (C=O) groups is 2. The summed E-state index contributed by atoms with van der Waals surface area (Å²) in [6, 6.07) is 9.54. The summed E-state index contributed by atoms with van der Waals surface area (Å²) in [6.45, 7) is 3.14. The Morgan fingerprint density at radius 2 is 1.95 bits per heavy atom. The lowest BCUT2D eigenvalue weighted by molar-refractivity contribution is -0.139.